The molecule has 0 aliphatic heterocycles. The zero-order valence-corrected chi connectivity index (χ0v) is 10.00. The number of ether oxygens (including phenoxy) is 2. The van der Waals surface area contributed by atoms with E-state index >= 15 is 0 Å². The number of nitrogens with zero attached hydrogens (tertiary/aromatic N) is 2. The van der Waals surface area contributed by atoms with Crippen molar-refractivity contribution in [3.63, 3.8) is 0 Å². The minimum atomic E-state index is -0.0189. The van der Waals surface area contributed by atoms with E-state index in [0.717, 1.165) is 0 Å². The van der Waals surface area contributed by atoms with E-state index < -0.39 is 0 Å². The second-order valence-electron chi connectivity index (χ2n) is 3.50. The summed E-state index contributed by atoms with van der Waals surface area (Å²) in [6.45, 7) is 0.147. The van der Waals surface area contributed by atoms with Crippen molar-refractivity contribution in [2.24, 2.45) is 0 Å². The van der Waals surface area contributed by atoms with E-state index in [4.69, 9.17) is 19.0 Å². The van der Waals surface area contributed by atoms with Gasteiger partial charge in [0, 0.05) is 6.42 Å². The fourth-order valence-corrected chi connectivity index (χ4v) is 1.42. The zero-order chi connectivity index (χ0) is 12.8. The quantitative estimate of drug-likeness (QED) is 0.829. The molecule has 0 bridgehead atoms. The van der Waals surface area contributed by atoms with Crippen LogP contribution >= 0.6 is 0 Å². The highest BCUT2D eigenvalue weighted by molar-refractivity contribution is 5.39. The molecule has 6 heteroatoms. The Balaban J connectivity index is 1.97. The zero-order valence-electron chi connectivity index (χ0n) is 10.00. The van der Waals surface area contributed by atoms with Gasteiger partial charge < -0.3 is 19.0 Å². The number of benzene rings is 1. The van der Waals surface area contributed by atoms with Crippen molar-refractivity contribution in [1.29, 1.82) is 0 Å². The summed E-state index contributed by atoms with van der Waals surface area (Å²) in [4.78, 5) is 0. The molecule has 0 radical (unpaired) electrons. The summed E-state index contributed by atoms with van der Waals surface area (Å²) >= 11 is 0. The molecule has 1 aromatic heterocycles. The van der Waals surface area contributed by atoms with Gasteiger partial charge in [0.2, 0.25) is 5.89 Å². The smallest absolute Gasteiger partial charge is 0.253 e. The molecule has 0 fully saturated rings. The predicted molar refractivity (Wildman–Crippen MR) is 62.4 cm³/mol. The Morgan fingerprint density at radius 1 is 1.17 bits per heavy atom. The maximum absolute atomic E-state index is 8.73. The van der Waals surface area contributed by atoms with Gasteiger partial charge in [0.15, 0.2) is 18.1 Å². The Labute approximate surface area is 104 Å². The molecule has 0 saturated carbocycles. The van der Waals surface area contributed by atoms with E-state index in [1.54, 1.807) is 19.2 Å². The first-order valence-electron chi connectivity index (χ1n) is 5.51. The van der Waals surface area contributed by atoms with Gasteiger partial charge in [0.1, 0.15) is 0 Å². The number of rotatable bonds is 6. The molecule has 0 spiro atoms. The van der Waals surface area contributed by atoms with E-state index in [2.05, 4.69) is 10.2 Å². The highest BCUT2D eigenvalue weighted by atomic mass is 16.5. The third-order valence-corrected chi connectivity index (χ3v) is 2.25. The maximum atomic E-state index is 8.73. The van der Waals surface area contributed by atoms with E-state index in [1.807, 2.05) is 12.1 Å². The van der Waals surface area contributed by atoms with Crippen LogP contribution in [0.2, 0.25) is 0 Å². The van der Waals surface area contributed by atoms with E-state index in [0.29, 0.717) is 29.7 Å². The number of para-hydroxylation sites is 2. The SMILES string of the molecule is COc1ccccc1OCc1nnc(CCO)o1. The van der Waals surface area contributed by atoms with Gasteiger partial charge in [-0.1, -0.05) is 12.1 Å². The molecule has 6 nitrogen and oxygen atoms in total. The number of methoxy groups -OCH3 is 1. The van der Waals surface area contributed by atoms with Crippen LogP contribution in [0, 0.1) is 0 Å². The normalized spacial score (nSPS) is 10.3. The lowest BCUT2D eigenvalue weighted by molar-refractivity contribution is 0.241. The van der Waals surface area contributed by atoms with Crippen LogP contribution < -0.4 is 9.47 Å². The summed E-state index contributed by atoms with van der Waals surface area (Å²) in [6.07, 6.45) is 0.349. The van der Waals surface area contributed by atoms with Crippen molar-refractivity contribution < 1.29 is 19.0 Å². The minimum Gasteiger partial charge on any atom is -0.493 e. The molecule has 0 unspecified atom stereocenters. The molecule has 1 N–H and O–H groups in total. The third kappa shape index (κ3) is 2.98. The molecule has 0 amide bonds. The van der Waals surface area contributed by atoms with Crippen molar-refractivity contribution in [3.8, 4) is 11.5 Å². The van der Waals surface area contributed by atoms with Crippen molar-refractivity contribution in [2.75, 3.05) is 13.7 Å². The summed E-state index contributed by atoms with van der Waals surface area (Å²) in [5, 5.41) is 16.3. The average molecular weight is 250 g/mol. The van der Waals surface area contributed by atoms with Gasteiger partial charge in [-0.2, -0.15) is 0 Å². The third-order valence-electron chi connectivity index (χ3n) is 2.25. The molecule has 2 aromatic rings. The largest absolute Gasteiger partial charge is 0.493 e. The van der Waals surface area contributed by atoms with Gasteiger partial charge in [0.25, 0.3) is 5.89 Å². The van der Waals surface area contributed by atoms with Crippen LogP contribution in [0.3, 0.4) is 0 Å². The number of aliphatic hydroxyl groups is 1. The summed E-state index contributed by atoms with van der Waals surface area (Å²) in [5.74, 6) is 2.02. The van der Waals surface area contributed by atoms with Crippen LogP contribution in [0.15, 0.2) is 28.7 Å². The molecule has 0 saturated heterocycles. The highest BCUT2D eigenvalue weighted by Crippen LogP contribution is 2.26. The van der Waals surface area contributed by atoms with Crippen molar-refractivity contribution >= 4 is 0 Å². The number of aromatic nitrogens is 2. The summed E-state index contributed by atoms with van der Waals surface area (Å²) in [6, 6.07) is 7.31. The number of hydrogen-bond acceptors (Lipinski definition) is 6. The van der Waals surface area contributed by atoms with Gasteiger partial charge >= 0.3 is 0 Å². The van der Waals surface area contributed by atoms with Gasteiger partial charge in [-0.3, -0.25) is 0 Å². The topological polar surface area (TPSA) is 77.6 Å². The lowest BCUT2D eigenvalue weighted by atomic mass is 10.3. The van der Waals surface area contributed by atoms with Crippen LogP contribution in [0.25, 0.3) is 0 Å². The van der Waals surface area contributed by atoms with Crippen LogP contribution in [0.1, 0.15) is 11.8 Å². The Morgan fingerprint density at radius 2 is 1.89 bits per heavy atom. The van der Waals surface area contributed by atoms with Gasteiger partial charge in [0.05, 0.1) is 13.7 Å². The molecule has 1 heterocycles. The van der Waals surface area contributed by atoms with E-state index in [1.165, 1.54) is 0 Å². The highest BCUT2D eigenvalue weighted by Gasteiger charge is 2.08. The first kappa shape index (κ1) is 12.4. The Morgan fingerprint density at radius 3 is 2.61 bits per heavy atom. The molecule has 1 aromatic carbocycles. The minimum absolute atomic E-state index is 0.0189. The van der Waals surface area contributed by atoms with Crippen molar-refractivity contribution in [3.05, 3.63) is 36.0 Å². The number of aliphatic hydroxyl groups excluding tert-OH is 1. The second kappa shape index (κ2) is 6.02. The summed E-state index contributed by atoms with van der Waals surface area (Å²) in [7, 11) is 1.58. The van der Waals surface area contributed by atoms with Gasteiger partial charge in [-0.05, 0) is 12.1 Å². The second-order valence-corrected chi connectivity index (χ2v) is 3.50. The van der Waals surface area contributed by atoms with Gasteiger partial charge in [-0.15, -0.1) is 10.2 Å². The first-order valence-corrected chi connectivity index (χ1v) is 5.51. The molecule has 0 atom stereocenters. The average Bonchev–Trinajstić information content (AvgIpc) is 2.85. The molecular formula is C12H14N2O4. The Kier molecular flexibility index (Phi) is 4.14. The van der Waals surface area contributed by atoms with Crippen molar-refractivity contribution in [1.82, 2.24) is 10.2 Å². The Bertz CT molecular complexity index is 498. The maximum Gasteiger partial charge on any atom is 0.253 e. The standard InChI is InChI=1S/C12H14N2O4/c1-16-9-4-2-3-5-10(9)17-8-12-14-13-11(18-12)6-7-15/h2-5,15H,6-8H2,1H3. The summed E-state index contributed by atoms with van der Waals surface area (Å²) in [5.41, 5.74) is 0. The first-order chi connectivity index (χ1) is 8.83. The van der Waals surface area contributed by atoms with E-state index in [9.17, 15) is 0 Å². The lowest BCUT2D eigenvalue weighted by Gasteiger charge is -2.07. The molecular weight excluding hydrogens is 236 g/mol. The van der Waals surface area contributed by atoms with Crippen molar-refractivity contribution in [2.45, 2.75) is 13.0 Å². The molecule has 0 aliphatic rings. The molecule has 18 heavy (non-hydrogen) atoms. The van der Waals surface area contributed by atoms with Crippen LogP contribution in [-0.4, -0.2) is 29.0 Å². The van der Waals surface area contributed by atoms with E-state index in [-0.39, 0.29) is 13.2 Å². The van der Waals surface area contributed by atoms with Crippen LogP contribution in [0.5, 0.6) is 11.5 Å². The predicted octanol–water partition coefficient (Wildman–Crippen LogP) is 1.19. The molecule has 96 valence electrons. The molecule has 2 rings (SSSR count). The Hall–Kier alpha value is -2.08. The van der Waals surface area contributed by atoms with Crippen LogP contribution in [-0.2, 0) is 13.0 Å². The lowest BCUT2D eigenvalue weighted by Crippen LogP contribution is -1.97. The monoisotopic (exact) mass is 250 g/mol. The number of hydrogen-bond donors (Lipinski definition) is 1. The van der Waals surface area contributed by atoms with Gasteiger partial charge in [-0.25, -0.2) is 0 Å². The van der Waals surface area contributed by atoms with Crippen LogP contribution in [0.4, 0.5) is 0 Å². The summed E-state index contributed by atoms with van der Waals surface area (Å²) < 4.78 is 15.9. The fraction of sp³-hybridized carbons (Fsp3) is 0.333. The fourth-order valence-electron chi connectivity index (χ4n) is 1.42. The molecule has 0 aliphatic carbocycles.